The van der Waals surface area contributed by atoms with Crippen molar-refractivity contribution in [1.82, 2.24) is 14.6 Å². The van der Waals surface area contributed by atoms with Crippen LogP contribution in [0, 0.1) is 6.92 Å². The predicted molar refractivity (Wildman–Crippen MR) is 88.4 cm³/mol. The molecule has 0 spiro atoms. The summed E-state index contributed by atoms with van der Waals surface area (Å²) in [6.07, 6.45) is 4.14. The molecule has 0 amide bonds. The number of nitrogens with zero attached hydrogens (tertiary/aromatic N) is 3. The molecule has 2 heterocycles. The zero-order chi connectivity index (χ0) is 17.1. The van der Waals surface area contributed by atoms with Crippen LogP contribution in [0.1, 0.15) is 70.7 Å². The maximum Gasteiger partial charge on any atom is 0.311 e. The lowest BCUT2D eigenvalue weighted by Crippen LogP contribution is -2.15. The lowest BCUT2D eigenvalue weighted by Gasteiger charge is -2.18. The van der Waals surface area contributed by atoms with Crippen LogP contribution in [0.15, 0.2) is 12.4 Å². The Labute approximate surface area is 132 Å². The third kappa shape index (κ3) is 2.98. The van der Waals surface area contributed by atoms with Crippen molar-refractivity contribution in [2.45, 2.75) is 66.2 Å². The van der Waals surface area contributed by atoms with E-state index in [0.29, 0.717) is 6.42 Å². The van der Waals surface area contributed by atoms with Crippen LogP contribution in [0.25, 0.3) is 5.65 Å². The van der Waals surface area contributed by atoms with Gasteiger partial charge in [0.15, 0.2) is 5.65 Å². The van der Waals surface area contributed by atoms with E-state index in [2.05, 4.69) is 23.9 Å². The summed E-state index contributed by atoms with van der Waals surface area (Å²) >= 11 is 0. The quantitative estimate of drug-likeness (QED) is 0.866. The van der Waals surface area contributed by atoms with Gasteiger partial charge in [0.1, 0.15) is 0 Å². The summed E-state index contributed by atoms with van der Waals surface area (Å²) in [5.74, 6) is -1.25. The number of carboxylic acid groups (broad SMARTS) is 1. The van der Waals surface area contributed by atoms with E-state index in [1.54, 1.807) is 10.7 Å². The maximum atomic E-state index is 11.3. The van der Waals surface area contributed by atoms with Gasteiger partial charge >= 0.3 is 5.97 Å². The molecule has 0 bridgehead atoms. The molecule has 1 aliphatic rings. The second kappa shape index (κ2) is 6.90. The van der Waals surface area contributed by atoms with Crippen molar-refractivity contribution in [2.75, 3.05) is 0 Å². The Morgan fingerprint density at radius 2 is 1.91 bits per heavy atom. The van der Waals surface area contributed by atoms with Gasteiger partial charge in [-0.2, -0.15) is 5.10 Å². The Morgan fingerprint density at radius 3 is 2.45 bits per heavy atom. The molecular weight excluding hydrogens is 278 g/mol. The Bertz CT molecular complexity index is 659. The first kappa shape index (κ1) is 18.1. The van der Waals surface area contributed by atoms with Crippen LogP contribution >= 0.6 is 0 Å². The molecule has 22 heavy (non-hydrogen) atoms. The third-order valence-electron chi connectivity index (χ3n) is 3.71. The molecule has 0 saturated carbocycles. The molecule has 5 heteroatoms. The fraction of sp³-hybridized carbons (Fsp3) is 0.588. The summed E-state index contributed by atoms with van der Waals surface area (Å²) in [5.41, 5.74) is 3.34. The Morgan fingerprint density at radius 1 is 1.32 bits per heavy atom. The van der Waals surface area contributed by atoms with E-state index in [1.165, 1.54) is 0 Å². The highest BCUT2D eigenvalue weighted by atomic mass is 16.4. The average molecular weight is 305 g/mol. The number of carbonyl (C=O) groups is 1. The van der Waals surface area contributed by atoms with Crippen LogP contribution in [0.4, 0.5) is 0 Å². The first-order valence-electron chi connectivity index (χ1n) is 7.98. The molecule has 1 aliphatic carbocycles. The monoisotopic (exact) mass is 305 g/mol. The second-order valence-electron chi connectivity index (χ2n) is 5.60. The number of aromatic nitrogens is 3. The number of fused-ring (bicyclic) bond motifs is 3. The third-order valence-corrected chi connectivity index (χ3v) is 3.71. The number of aryl methyl sites for hydroxylation is 1. The van der Waals surface area contributed by atoms with Crippen LogP contribution < -0.4 is 0 Å². The van der Waals surface area contributed by atoms with Crippen molar-refractivity contribution >= 4 is 11.6 Å². The number of carboxylic acids is 1. The summed E-state index contributed by atoms with van der Waals surface area (Å²) in [6.45, 7) is 14.1. The van der Waals surface area contributed by atoms with Gasteiger partial charge in [0.05, 0.1) is 24.0 Å². The minimum atomic E-state index is -0.781. The van der Waals surface area contributed by atoms with Gasteiger partial charge in [0, 0.05) is 5.56 Å². The van der Waals surface area contributed by atoms with Gasteiger partial charge in [0.2, 0.25) is 0 Å². The first-order chi connectivity index (χ1) is 10.4. The molecule has 2 aromatic heterocycles. The minimum absolute atomic E-state index is 0.180. The van der Waals surface area contributed by atoms with E-state index in [-0.39, 0.29) is 5.41 Å². The molecule has 0 saturated heterocycles. The molecule has 122 valence electrons. The SMILES string of the molecule is CC.CC.Cc1cn2ncc3c(c2n1)C(C)(C)CC3C(=O)O. The number of hydrogen-bond donors (Lipinski definition) is 1. The van der Waals surface area contributed by atoms with Crippen LogP contribution in [0.5, 0.6) is 0 Å². The van der Waals surface area contributed by atoms with E-state index in [4.69, 9.17) is 0 Å². The highest BCUT2D eigenvalue weighted by molar-refractivity contribution is 5.80. The first-order valence-corrected chi connectivity index (χ1v) is 7.98. The summed E-state index contributed by atoms with van der Waals surface area (Å²) < 4.78 is 1.74. The fourth-order valence-electron chi connectivity index (χ4n) is 2.96. The van der Waals surface area contributed by atoms with Crippen LogP contribution in [0.3, 0.4) is 0 Å². The molecule has 5 nitrogen and oxygen atoms in total. The maximum absolute atomic E-state index is 11.3. The lowest BCUT2D eigenvalue weighted by atomic mass is 9.86. The second-order valence-corrected chi connectivity index (χ2v) is 5.60. The zero-order valence-electron chi connectivity index (χ0n) is 14.6. The van der Waals surface area contributed by atoms with Crippen LogP contribution in [-0.4, -0.2) is 25.7 Å². The van der Waals surface area contributed by atoms with E-state index in [9.17, 15) is 9.90 Å². The number of aliphatic carboxylic acids is 1. The van der Waals surface area contributed by atoms with E-state index in [1.807, 2.05) is 40.8 Å². The predicted octanol–water partition coefficient (Wildman–Crippen LogP) is 3.94. The van der Waals surface area contributed by atoms with Crippen molar-refractivity contribution in [1.29, 1.82) is 0 Å². The Balaban J connectivity index is 0.000000561. The summed E-state index contributed by atoms with van der Waals surface area (Å²) in [4.78, 5) is 15.8. The van der Waals surface area contributed by atoms with Crippen LogP contribution in [0.2, 0.25) is 0 Å². The summed E-state index contributed by atoms with van der Waals surface area (Å²) in [5, 5.41) is 13.6. The molecule has 3 rings (SSSR count). The molecular formula is C17H27N3O2. The average Bonchev–Trinajstić information content (AvgIpc) is 2.99. The number of imidazole rings is 1. The zero-order valence-corrected chi connectivity index (χ0v) is 14.6. The fourth-order valence-corrected chi connectivity index (χ4v) is 2.96. The normalized spacial score (nSPS) is 17.9. The van der Waals surface area contributed by atoms with Crippen molar-refractivity contribution in [2.24, 2.45) is 0 Å². The van der Waals surface area contributed by atoms with E-state index in [0.717, 1.165) is 22.5 Å². The number of hydrogen-bond acceptors (Lipinski definition) is 3. The van der Waals surface area contributed by atoms with Gasteiger partial charge in [-0.1, -0.05) is 41.5 Å². The summed E-state index contributed by atoms with van der Waals surface area (Å²) in [7, 11) is 0. The topological polar surface area (TPSA) is 67.5 Å². The standard InChI is InChI=1S/C13H15N3O2.2C2H6/c1-7-6-16-11(15-7)10-9(5-14-16)8(12(17)18)4-13(10,2)3;2*1-2/h5-6,8H,4H2,1-3H3,(H,17,18);2*1-2H3. The molecule has 1 N–H and O–H groups in total. The van der Waals surface area contributed by atoms with Crippen molar-refractivity contribution in [3.63, 3.8) is 0 Å². The molecule has 1 atom stereocenters. The Kier molecular flexibility index (Phi) is 5.69. The lowest BCUT2D eigenvalue weighted by molar-refractivity contribution is -0.139. The van der Waals surface area contributed by atoms with Gasteiger partial charge in [0.25, 0.3) is 0 Å². The van der Waals surface area contributed by atoms with Crippen LogP contribution in [-0.2, 0) is 10.2 Å². The van der Waals surface area contributed by atoms with Gasteiger partial charge < -0.3 is 5.11 Å². The molecule has 0 radical (unpaired) electrons. The van der Waals surface area contributed by atoms with Gasteiger partial charge in [-0.15, -0.1) is 0 Å². The minimum Gasteiger partial charge on any atom is -0.481 e. The molecule has 0 aliphatic heterocycles. The van der Waals surface area contributed by atoms with E-state index < -0.39 is 11.9 Å². The van der Waals surface area contributed by atoms with Crippen molar-refractivity contribution in [3.8, 4) is 0 Å². The Hall–Kier alpha value is -1.91. The van der Waals surface area contributed by atoms with Crippen molar-refractivity contribution in [3.05, 3.63) is 29.2 Å². The molecule has 0 aromatic carbocycles. The van der Waals surface area contributed by atoms with Gasteiger partial charge in [-0.25, -0.2) is 9.50 Å². The molecule has 2 aromatic rings. The summed E-state index contributed by atoms with van der Waals surface area (Å²) in [6, 6.07) is 0. The molecule has 0 fully saturated rings. The van der Waals surface area contributed by atoms with E-state index >= 15 is 0 Å². The smallest absolute Gasteiger partial charge is 0.311 e. The van der Waals surface area contributed by atoms with Gasteiger partial charge in [-0.05, 0) is 24.3 Å². The highest BCUT2D eigenvalue weighted by Gasteiger charge is 2.42. The van der Waals surface area contributed by atoms with Crippen molar-refractivity contribution < 1.29 is 9.90 Å². The largest absolute Gasteiger partial charge is 0.481 e. The highest BCUT2D eigenvalue weighted by Crippen LogP contribution is 2.46. The number of rotatable bonds is 1. The molecule has 1 unspecified atom stereocenters. The van der Waals surface area contributed by atoms with Gasteiger partial charge in [-0.3, -0.25) is 4.79 Å².